The predicted octanol–water partition coefficient (Wildman–Crippen LogP) is 2.01. The maximum absolute atomic E-state index is 12.3. The van der Waals surface area contributed by atoms with Gasteiger partial charge in [-0.3, -0.25) is 0 Å². The van der Waals surface area contributed by atoms with Crippen LogP contribution < -0.4 is 10.1 Å². The molecular weight excluding hydrogens is 259 g/mol. The smallest absolute Gasteiger partial charge is 0.434 e. The van der Waals surface area contributed by atoms with Gasteiger partial charge in [0.15, 0.2) is 5.69 Å². The minimum atomic E-state index is -4.46. The van der Waals surface area contributed by atoms with Crippen molar-refractivity contribution in [1.29, 1.82) is 0 Å². The van der Waals surface area contributed by atoms with Gasteiger partial charge in [0.2, 0.25) is 5.88 Å². The molecule has 2 aliphatic heterocycles. The number of piperidine rings is 2. The third-order valence-corrected chi connectivity index (χ3v) is 3.76. The van der Waals surface area contributed by atoms with Gasteiger partial charge in [-0.2, -0.15) is 13.2 Å². The normalized spacial score (nSPS) is 30.4. The van der Waals surface area contributed by atoms with E-state index in [1.54, 1.807) is 0 Å². The Morgan fingerprint density at radius 3 is 2.53 bits per heavy atom. The second-order valence-electron chi connectivity index (χ2n) is 5.09. The summed E-state index contributed by atoms with van der Waals surface area (Å²) in [5.41, 5.74) is -0.997. The molecule has 3 aliphatic rings. The van der Waals surface area contributed by atoms with Crippen LogP contribution in [0, 0.1) is 5.92 Å². The predicted molar refractivity (Wildman–Crippen MR) is 60.6 cm³/mol. The van der Waals surface area contributed by atoms with Crippen LogP contribution in [0.4, 0.5) is 13.2 Å². The highest BCUT2D eigenvalue weighted by atomic mass is 19.4. The molecule has 7 heteroatoms. The van der Waals surface area contributed by atoms with E-state index in [1.165, 1.54) is 6.42 Å². The summed E-state index contributed by atoms with van der Waals surface area (Å²) < 4.78 is 42.7. The average Bonchev–Trinajstić information content (AvgIpc) is 2.40. The van der Waals surface area contributed by atoms with Crippen molar-refractivity contribution in [3.8, 4) is 5.88 Å². The van der Waals surface area contributed by atoms with Gasteiger partial charge in [0.1, 0.15) is 6.10 Å². The fraction of sp³-hybridized carbons (Fsp3) is 0.667. The summed E-state index contributed by atoms with van der Waals surface area (Å²) in [5.74, 6) is 0.754. The van der Waals surface area contributed by atoms with E-state index in [4.69, 9.17) is 4.74 Å². The number of aromatic nitrogens is 2. The van der Waals surface area contributed by atoms with Crippen LogP contribution in [0.1, 0.15) is 25.0 Å². The lowest BCUT2D eigenvalue weighted by Gasteiger charge is -2.42. The number of nitrogens with one attached hydrogen (secondary N) is 1. The highest BCUT2D eigenvalue weighted by Gasteiger charge is 2.37. The number of rotatable bonds is 2. The average molecular weight is 273 g/mol. The van der Waals surface area contributed by atoms with Gasteiger partial charge in [-0.15, -0.1) is 0 Å². The molecule has 19 heavy (non-hydrogen) atoms. The molecule has 2 bridgehead atoms. The summed E-state index contributed by atoms with van der Waals surface area (Å²) in [6.07, 6.45) is 0.449. The fourth-order valence-corrected chi connectivity index (χ4v) is 2.76. The van der Waals surface area contributed by atoms with E-state index in [-0.39, 0.29) is 18.0 Å². The van der Waals surface area contributed by atoms with Crippen molar-refractivity contribution in [2.45, 2.75) is 37.6 Å². The molecule has 0 amide bonds. The van der Waals surface area contributed by atoms with Crippen molar-refractivity contribution in [3.63, 3.8) is 0 Å². The van der Waals surface area contributed by atoms with Crippen molar-refractivity contribution in [3.05, 3.63) is 18.1 Å². The summed E-state index contributed by atoms with van der Waals surface area (Å²) in [5, 5.41) is 3.37. The molecule has 3 fully saturated rings. The summed E-state index contributed by atoms with van der Waals surface area (Å²) in [4.78, 5) is 7.03. The van der Waals surface area contributed by atoms with E-state index in [0.717, 1.165) is 25.6 Å². The van der Waals surface area contributed by atoms with Crippen molar-refractivity contribution in [2.75, 3.05) is 6.54 Å². The molecule has 0 unspecified atom stereocenters. The topological polar surface area (TPSA) is 47.0 Å². The largest absolute Gasteiger partial charge is 0.472 e. The molecule has 0 radical (unpaired) electrons. The second kappa shape index (κ2) is 4.63. The van der Waals surface area contributed by atoms with E-state index < -0.39 is 11.9 Å². The van der Waals surface area contributed by atoms with Crippen molar-refractivity contribution in [1.82, 2.24) is 15.3 Å². The summed E-state index contributed by atoms with van der Waals surface area (Å²) in [7, 11) is 0. The summed E-state index contributed by atoms with van der Waals surface area (Å²) >= 11 is 0. The summed E-state index contributed by atoms with van der Waals surface area (Å²) in [6.45, 7) is 1.00. The highest BCUT2D eigenvalue weighted by Crippen LogP contribution is 2.32. The maximum Gasteiger partial charge on any atom is 0.434 e. The van der Waals surface area contributed by atoms with Gasteiger partial charge in [-0.25, -0.2) is 9.97 Å². The number of alkyl halides is 3. The number of ether oxygens (including phenoxy) is 1. The Kier molecular flexibility index (Phi) is 3.08. The van der Waals surface area contributed by atoms with Gasteiger partial charge in [0.25, 0.3) is 0 Å². The Hall–Kier alpha value is -1.37. The van der Waals surface area contributed by atoms with Gasteiger partial charge >= 0.3 is 6.18 Å². The molecule has 1 aliphatic carbocycles. The number of fused-ring (bicyclic) bond motifs is 3. The van der Waals surface area contributed by atoms with Crippen molar-refractivity contribution in [2.24, 2.45) is 5.92 Å². The van der Waals surface area contributed by atoms with Gasteiger partial charge in [0, 0.05) is 6.04 Å². The third-order valence-electron chi connectivity index (χ3n) is 3.76. The Bertz CT molecular complexity index is 441. The fourth-order valence-electron chi connectivity index (χ4n) is 2.76. The molecule has 2 saturated heterocycles. The van der Waals surface area contributed by atoms with Crippen LogP contribution in [-0.2, 0) is 6.18 Å². The first kappa shape index (κ1) is 12.7. The van der Waals surface area contributed by atoms with Crippen molar-refractivity contribution < 1.29 is 17.9 Å². The van der Waals surface area contributed by atoms with Crippen LogP contribution >= 0.6 is 0 Å². The molecule has 3 heterocycles. The monoisotopic (exact) mass is 273 g/mol. The molecular formula is C12H14F3N3O. The van der Waals surface area contributed by atoms with Crippen LogP contribution in [0.3, 0.4) is 0 Å². The Morgan fingerprint density at radius 2 is 2.05 bits per heavy atom. The molecule has 1 saturated carbocycles. The molecule has 1 aromatic rings. The number of hydrogen-bond acceptors (Lipinski definition) is 4. The number of hydrogen-bond donors (Lipinski definition) is 1. The standard InChI is InChI=1S/C12H14F3N3O/c13-12(14,15)10-5-18-11(6-17-10)19-9-3-7-1-2-8(9)16-4-7/h5-9,16H,1-4H2/t7-,8+,9+/m1/s1. The van der Waals surface area contributed by atoms with E-state index in [0.29, 0.717) is 12.1 Å². The molecule has 0 spiro atoms. The maximum atomic E-state index is 12.3. The number of nitrogens with zero attached hydrogens (tertiary/aromatic N) is 2. The molecule has 104 valence electrons. The van der Waals surface area contributed by atoms with Gasteiger partial charge in [-0.1, -0.05) is 0 Å². The van der Waals surface area contributed by atoms with E-state index in [2.05, 4.69) is 15.3 Å². The second-order valence-corrected chi connectivity index (χ2v) is 5.09. The van der Waals surface area contributed by atoms with Gasteiger partial charge < -0.3 is 10.1 Å². The lowest BCUT2D eigenvalue weighted by atomic mass is 9.79. The van der Waals surface area contributed by atoms with Crippen LogP contribution in [-0.4, -0.2) is 28.7 Å². The molecule has 4 rings (SSSR count). The number of halogens is 3. The van der Waals surface area contributed by atoms with Crippen molar-refractivity contribution >= 4 is 0 Å². The highest BCUT2D eigenvalue weighted by molar-refractivity contribution is 5.10. The first-order chi connectivity index (χ1) is 9.02. The quantitative estimate of drug-likeness (QED) is 0.895. The lowest BCUT2D eigenvalue weighted by molar-refractivity contribution is -0.141. The van der Waals surface area contributed by atoms with Gasteiger partial charge in [0.05, 0.1) is 12.4 Å². The summed E-state index contributed by atoms with van der Waals surface area (Å²) in [6, 6.07) is 0.272. The molecule has 4 nitrogen and oxygen atoms in total. The molecule has 0 aromatic carbocycles. The minimum Gasteiger partial charge on any atom is -0.472 e. The zero-order valence-corrected chi connectivity index (χ0v) is 10.2. The first-order valence-electron chi connectivity index (χ1n) is 6.31. The van der Waals surface area contributed by atoms with Crippen LogP contribution in [0.5, 0.6) is 5.88 Å². The zero-order valence-electron chi connectivity index (χ0n) is 10.2. The van der Waals surface area contributed by atoms with E-state index in [9.17, 15) is 13.2 Å². The Labute approximate surface area is 108 Å². The third kappa shape index (κ3) is 2.65. The molecule has 1 N–H and O–H groups in total. The van der Waals surface area contributed by atoms with Crippen LogP contribution in [0.2, 0.25) is 0 Å². The van der Waals surface area contributed by atoms with Crippen LogP contribution in [0.15, 0.2) is 12.4 Å². The Morgan fingerprint density at radius 1 is 1.21 bits per heavy atom. The van der Waals surface area contributed by atoms with Gasteiger partial charge in [-0.05, 0) is 31.7 Å². The molecule has 1 aromatic heterocycles. The van der Waals surface area contributed by atoms with E-state index in [1.807, 2.05) is 0 Å². The first-order valence-corrected chi connectivity index (χ1v) is 6.31. The minimum absolute atomic E-state index is 0.0152. The van der Waals surface area contributed by atoms with Crippen LogP contribution in [0.25, 0.3) is 0 Å². The molecule has 3 atom stereocenters. The SMILES string of the molecule is FC(F)(F)c1cnc(O[C@H]2C[C@H]3CC[C@@H]2NC3)cn1. The lowest BCUT2D eigenvalue weighted by Crippen LogP contribution is -2.55. The zero-order chi connectivity index (χ0) is 13.5. The van der Waals surface area contributed by atoms with E-state index >= 15 is 0 Å². The Balaban J connectivity index is 1.67.